The minimum atomic E-state index is -0.138. The monoisotopic (exact) mass is 356 g/mol. The second-order valence-electron chi connectivity index (χ2n) is 7.12. The van der Waals surface area contributed by atoms with E-state index in [-0.39, 0.29) is 18.5 Å². The fourth-order valence-corrected chi connectivity index (χ4v) is 3.79. The number of hydrogen-bond acceptors (Lipinski definition) is 3. The maximum atomic E-state index is 14.0. The lowest BCUT2D eigenvalue weighted by Crippen LogP contribution is -2.53. The van der Waals surface area contributed by atoms with Gasteiger partial charge >= 0.3 is 0 Å². The second kappa shape index (κ2) is 9.81. The summed E-state index contributed by atoms with van der Waals surface area (Å²) in [5.74, 6) is -0.138. The van der Waals surface area contributed by atoms with Crippen LogP contribution < -0.4 is 0 Å². The minimum Gasteiger partial charge on any atom is -0.396 e. The van der Waals surface area contributed by atoms with Crippen molar-refractivity contribution >= 4 is 0 Å². The van der Waals surface area contributed by atoms with E-state index in [0.29, 0.717) is 6.54 Å². The Morgan fingerprint density at radius 3 is 2.54 bits per heavy atom. The highest BCUT2D eigenvalue weighted by Gasteiger charge is 2.26. The number of hydrogen-bond donors (Lipinski definition) is 1. The fraction of sp³-hybridized carbons (Fsp3) is 0.455. The summed E-state index contributed by atoms with van der Waals surface area (Å²) in [5, 5.41) is 9.45. The molecule has 0 saturated carbocycles. The van der Waals surface area contributed by atoms with Gasteiger partial charge in [0.25, 0.3) is 0 Å². The topological polar surface area (TPSA) is 26.7 Å². The second-order valence-corrected chi connectivity index (χ2v) is 7.12. The van der Waals surface area contributed by atoms with Gasteiger partial charge in [-0.3, -0.25) is 4.90 Å². The molecular weight excluding hydrogens is 327 g/mol. The summed E-state index contributed by atoms with van der Waals surface area (Å²) in [4.78, 5) is 4.81. The lowest BCUT2D eigenvalue weighted by molar-refractivity contribution is 0.0526. The molecule has 1 aliphatic heterocycles. The highest BCUT2D eigenvalue weighted by Crippen LogP contribution is 2.18. The maximum Gasteiger partial charge on any atom is 0.127 e. The first-order chi connectivity index (χ1) is 12.8. The van der Waals surface area contributed by atoms with Crippen molar-refractivity contribution < 1.29 is 9.50 Å². The molecule has 0 aromatic heterocycles. The lowest BCUT2D eigenvalue weighted by Gasteiger charge is -2.41. The Labute approximate surface area is 156 Å². The number of aryl methyl sites for hydroxylation is 1. The smallest absolute Gasteiger partial charge is 0.127 e. The van der Waals surface area contributed by atoms with E-state index in [2.05, 4.69) is 40.1 Å². The maximum absolute atomic E-state index is 14.0. The Hall–Kier alpha value is -1.75. The first-order valence-electron chi connectivity index (χ1n) is 9.61. The number of benzene rings is 2. The molecule has 26 heavy (non-hydrogen) atoms. The Kier molecular flexibility index (Phi) is 7.18. The third-order valence-electron chi connectivity index (χ3n) is 5.27. The highest BCUT2D eigenvalue weighted by molar-refractivity contribution is 5.17. The molecule has 0 bridgehead atoms. The van der Waals surface area contributed by atoms with Crippen molar-refractivity contribution in [1.29, 1.82) is 0 Å². The summed E-state index contributed by atoms with van der Waals surface area (Å²) in [5.41, 5.74) is 2.13. The van der Waals surface area contributed by atoms with Gasteiger partial charge in [0.15, 0.2) is 0 Å². The van der Waals surface area contributed by atoms with Gasteiger partial charge in [-0.25, -0.2) is 4.39 Å². The number of aliphatic hydroxyl groups excluding tert-OH is 1. The summed E-state index contributed by atoms with van der Waals surface area (Å²) in [6.45, 7) is 4.75. The van der Waals surface area contributed by atoms with Crippen molar-refractivity contribution in [3.05, 3.63) is 71.5 Å². The zero-order valence-corrected chi connectivity index (χ0v) is 15.4. The van der Waals surface area contributed by atoms with Crippen LogP contribution in [0.1, 0.15) is 24.0 Å². The molecule has 0 radical (unpaired) electrons. The van der Waals surface area contributed by atoms with Crippen molar-refractivity contribution in [2.75, 3.05) is 32.8 Å². The lowest BCUT2D eigenvalue weighted by atomic mass is 10.1. The van der Waals surface area contributed by atoms with Crippen molar-refractivity contribution in [1.82, 2.24) is 9.80 Å². The zero-order valence-electron chi connectivity index (χ0n) is 15.4. The molecule has 140 valence electrons. The van der Waals surface area contributed by atoms with E-state index >= 15 is 0 Å². The zero-order chi connectivity index (χ0) is 18.2. The van der Waals surface area contributed by atoms with Gasteiger partial charge in [-0.2, -0.15) is 0 Å². The summed E-state index contributed by atoms with van der Waals surface area (Å²) in [6, 6.07) is 17.9. The van der Waals surface area contributed by atoms with E-state index in [4.69, 9.17) is 0 Å². The molecule has 1 fully saturated rings. The molecule has 1 saturated heterocycles. The van der Waals surface area contributed by atoms with Crippen LogP contribution in [0, 0.1) is 5.82 Å². The predicted octanol–water partition coefficient (Wildman–Crippen LogP) is 3.33. The normalized spacial score (nSPS) is 18.9. The van der Waals surface area contributed by atoms with Gasteiger partial charge in [0.2, 0.25) is 0 Å². The number of rotatable bonds is 8. The summed E-state index contributed by atoms with van der Waals surface area (Å²) in [7, 11) is 0. The molecule has 2 aromatic rings. The van der Waals surface area contributed by atoms with Gasteiger partial charge in [-0.05, 0) is 37.4 Å². The van der Waals surface area contributed by atoms with Crippen LogP contribution in [0.3, 0.4) is 0 Å². The van der Waals surface area contributed by atoms with Gasteiger partial charge in [0, 0.05) is 44.4 Å². The van der Waals surface area contributed by atoms with E-state index in [1.165, 1.54) is 11.6 Å². The third kappa shape index (κ3) is 5.37. The van der Waals surface area contributed by atoms with Crippen LogP contribution in [0.2, 0.25) is 0 Å². The molecule has 1 heterocycles. The first-order valence-corrected chi connectivity index (χ1v) is 9.61. The number of aliphatic hydroxyl groups is 1. The predicted molar refractivity (Wildman–Crippen MR) is 104 cm³/mol. The van der Waals surface area contributed by atoms with E-state index in [1.54, 1.807) is 6.07 Å². The summed E-state index contributed by atoms with van der Waals surface area (Å²) < 4.78 is 14.0. The van der Waals surface area contributed by atoms with Crippen LogP contribution in [0.5, 0.6) is 0 Å². The van der Waals surface area contributed by atoms with Crippen molar-refractivity contribution in [2.24, 2.45) is 0 Å². The Balaban J connectivity index is 1.51. The Morgan fingerprint density at radius 2 is 1.77 bits per heavy atom. The molecule has 1 N–H and O–H groups in total. The molecule has 3 nitrogen and oxygen atoms in total. The van der Waals surface area contributed by atoms with E-state index in [9.17, 15) is 9.50 Å². The summed E-state index contributed by atoms with van der Waals surface area (Å²) in [6.07, 6.45) is 2.98. The fourth-order valence-electron chi connectivity index (χ4n) is 3.79. The third-order valence-corrected chi connectivity index (χ3v) is 5.27. The molecule has 0 aliphatic carbocycles. The van der Waals surface area contributed by atoms with Gasteiger partial charge in [-0.1, -0.05) is 48.5 Å². The molecule has 4 heteroatoms. The number of halogens is 1. The van der Waals surface area contributed by atoms with Crippen LogP contribution in [0.4, 0.5) is 4.39 Å². The highest BCUT2D eigenvalue weighted by atomic mass is 19.1. The molecule has 0 amide bonds. The van der Waals surface area contributed by atoms with E-state index in [0.717, 1.165) is 51.0 Å². The molecule has 0 spiro atoms. The number of piperazine rings is 1. The molecular formula is C22H29FN2O. The summed E-state index contributed by atoms with van der Waals surface area (Å²) >= 11 is 0. The van der Waals surface area contributed by atoms with Crippen molar-refractivity contribution in [3.8, 4) is 0 Å². The van der Waals surface area contributed by atoms with Gasteiger partial charge < -0.3 is 10.0 Å². The van der Waals surface area contributed by atoms with Crippen LogP contribution in [0.25, 0.3) is 0 Å². The number of nitrogens with zero attached hydrogens (tertiary/aromatic N) is 2. The van der Waals surface area contributed by atoms with Crippen molar-refractivity contribution in [3.63, 3.8) is 0 Å². The Morgan fingerprint density at radius 1 is 1.00 bits per heavy atom. The van der Waals surface area contributed by atoms with Gasteiger partial charge in [0.1, 0.15) is 5.82 Å². The Bertz CT molecular complexity index is 664. The van der Waals surface area contributed by atoms with E-state index in [1.807, 2.05) is 12.1 Å². The largest absolute Gasteiger partial charge is 0.396 e. The van der Waals surface area contributed by atoms with Crippen LogP contribution in [0.15, 0.2) is 54.6 Å². The minimum absolute atomic E-state index is 0.138. The molecule has 1 atom stereocenters. The van der Waals surface area contributed by atoms with Gasteiger partial charge in [0.05, 0.1) is 0 Å². The van der Waals surface area contributed by atoms with Crippen molar-refractivity contribution in [2.45, 2.75) is 31.8 Å². The average molecular weight is 356 g/mol. The van der Waals surface area contributed by atoms with Crippen LogP contribution in [-0.2, 0) is 13.0 Å². The average Bonchev–Trinajstić information content (AvgIpc) is 2.66. The first kappa shape index (κ1) is 19.0. The van der Waals surface area contributed by atoms with Gasteiger partial charge in [-0.15, -0.1) is 0 Å². The standard InChI is InChI=1S/C22H29FN2O/c23-22-11-5-4-10-20(22)17-25-15-14-24(18-21(25)12-16-26)13-6-9-19-7-2-1-3-8-19/h1-5,7-8,10-11,21,26H,6,9,12-18H2. The van der Waals surface area contributed by atoms with Crippen LogP contribution >= 0.6 is 0 Å². The molecule has 1 unspecified atom stereocenters. The molecule has 3 rings (SSSR count). The SMILES string of the molecule is OCCC1CN(CCCc2ccccc2)CCN1Cc1ccccc1F. The quantitative estimate of drug-likeness (QED) is 0.786. The van der Waals surface area contributed by atoms with Crippen LogP contribution in [-0.4, -0.2) is 53.7 Å². The molecule has 2 aromatic carbocycles. The van der Waals surface area contributed by atoms with E-state index < -0.39 is 0 Å². The molecule has 1 aliphatic rings.